The molecule has 0 spiro atoms. The van der Waals surface area contributed by atoms with Crippen molar-refractivity contribution in [2.45, 2.75) is 6.92 Å². The molecule has 2 aromatic rings. The van der Waals surface area contributed by atoms with Gasteiger partial charge in [-0.05, 0) is 6.07 Å². The molecule has 0 aliphatic carbocycles. The van der Waals surface area contributed by atoms with Crippen molar-refractivity contribution >= 4 is 16.7 Å². The summed E-state index contributed by atoms with van der Waals surface area (Å²) < 4.78 is 4.91. The Morgan fingerprint density at radius 2 is 2.14 bits per heavy atom. The lowest BCUT2D eigenvalue weighted by atomic mass is 10.2. The maximum atomic E-state index is 10.8. The predicted octanol–water partition coefficient (Wildman–Crippen LogP) is 1.56. The smallest absolute Gasteiger partial charge is 0.309 e. The van der Waals surface area contributed by atoms with Gasteiger partial charge in [-0.25, -0.2) is 0 Å². The van der Waals surface area contributed by atoms with E-state index >= 15 is 0 Å². The van der Waals surface area contributed by atoms with Crippen LogP contribution in [0.5, 0.6) is 5.88 Å². The van der Waals surface area contributed by atoms with Gasteiger partial charge in [0.05, 0.1) is 6.20 Å². The first kappa shape index (κ1) is 8.62. The topological polar surface area (TPSA) is 52.1 Å². The van der Waals surface area contributed by atoms with E-state index in [-0.39, 0.29) is 5.88 Å². The number of aromatic nitrogens is 2. The molecule has 0 aliphatic heterocycles. The molecule has 0 atom stereocenters. The van der Waals surface area contributed by atoms with Crippen LogP contribution in [0.2, 0.25) is 0 Å². The fourth-order valence-electron chi connectivity index (χ4n) is 1.21. The number of esters is 1. The Bertz CT molecular complexity index is 477. The van der Waals surface area contributed by atoms with Gasteiger partial charge in [0.15, 0.2) is 0 Å². The fraction of sp³-hybridized carbons (Fsp3) is 0.100. The highest BCUT2D eigenvalue weighted by Gasteiger charge is 2.05. The highest BCUT2D eigenvalue weighted by Crippen LogP contribution is 2.20. The van der Waals surface area contributed by atoms with Crippen LogP contribution in [-0.2, 0) is 4.79 Å². The number of benzene rings is 1. The highest BCUT2D eigenvalue weighted by atomic mass is 16.5. The first-order valence-electron chi connectivity index (χ1n) is 4.16. The van der Waals surface area contributed by atoms with Gasteiger partial charge in [-0.2, -0.15) is 5.10 Å². The molecule has 0 saturated carbocycles. The van der Waals surface area contributed by atoms with Gasteiger partial charge in [-0.3, -0.25) is 4.79 Å². The molecular weight excluding hydrogens is 180 g/mol. The minimum absolute atomic E-state index is 0.260. The zero-order chi connectivity index (χ0) is 9.97. The largest absolute Gasteiger partial charge is 0.405 e. The Morgan fingerprint density at radius 1 is 1.36 bits per heavy atom. The van der Waals surface area contributed by atoms with Gasteiger partial charge in [-0.1, -0.05) is 18.2 Å². The van der Waals surface area contributed by atoms with E-state index in [2.05, 4.69) is 10.2 Å². The van der Waals surface area contributed by atoms with E-state index in [1.807, 2.05) is 24.3 Å². The SMILES string of the molecule is CC(=O)Oc1nncc2ccccc12. The van der Waals surface area contributed by atoms with E-state index < -0.39 is 5.97 Å². The minimum Gasteiger partial charge on any atom is -0.405 e. The van der Waals surface area contributed by atoms with Crippen LogP contribution in [0.4, 0.5) is 0 Å². The second kappa shape index (κ2) is 3.41. The van der Waals surface area contributed by atoms with Crippen molar-refractivity contribution in [1.82, 2.24) is 10.2 Å². The summed E-state index contributed by atoms with van der Waals surface area (Å²) >= 11 is 0. The number of ether oxygens (including phenoxy) is 1. The van der Waals surface area contributed by atoms with Crippen molar-refractivity contribution in [1.29, 1.82) is 0 Å². The van der Waals surface area contributed by atoms with Gasteiger partial charge in [0.25, 0.3) is 0 Å². The van der Waals surface area contributed by atoms with Crippen molar-refractivity contribution in [3.05, 3.63) is 30.5 Å². The second-order valence-corrected chi connectivity index (χ2v) is 2.83. The molecule has 14 heavy (non-hydrogen) atoms. The molecule has 1 aromatic carbocycles. The van der Waals surface area contributed by atoms with Gasteiger partial charge in [-0.15, -0.1) is 5.10 Å². The molecule has 0 unspecified atom stereocenters. The van der Waals surface area contributed by atoms with E-state index in [1.165, 1.54) is 6.92 Å². The second-order valence-electron chi connectivity index (χ2n) is 2.83. The average molecular weight is 188 g/mol. The Morgan fingerprint density at radius 3 is 2.93 bits per heavy atom. The van der Waals surface area contributed by atoms with Crippen LogP contribution in [-0.4, -0.2) is 16.2 Å². The lowest BCUT2D eigenvalue weighted by Crippen LogP contribution is -2.04. The summed E-state index contributed by atoms with van der Waals surface area (Å²) in [5.41, 5.74) is 0. The molecule has 1 aromatic heterocycles. The maximum Gasteiger partial charge on any atom is 0.309 e. The zero-order valence-corrected chi connectivity index (χ0v) is 7.60. The minimum atomic E-state index is -0.393. The Balaban J connectivity index is 2.59. The van der Waals surface area contributed by atoms with E-state index in [0.29, 0.717) is 0 Å². The number of hydrogen-bond acceptors (Lipinski definition) is 4. The third-order valence-electron chi connectivity index (χ3n) is 1.78. The van der Waals surface area contributed by atoms with Crippen molar-refractivity contribution in [3.8, 4) is 5.88 Å². The Hall–Kier alpha value is -1.97. The number of carbonyl (C=O) groups excluding carboxylic acids is 1. The standard InChI is InChI=1S/C10H8N2O2/c1-7(13)14-10-9-5-3-2-4-8(9)6-11-12-10/h2-6H,1H3. The van der Waals surface area contributed by atoms with Crippen LogP contribution in [0.1, 0.15) is 6.92 Å². The van der Waals surface area contributed by atoms with E-state index in [4.69, 9.17) is 4.74 Å². The van der Waals surface area contributed by atoms with Crippen LogP contribution in [0, 0.1) is 0 Å². The van der Waals surface area contributed by atoms with E-state index in [9.17, 15) is 4.79 Å². The molecule has 4 nitrogen and oxygen atoms in total. The molecule has 0 N–H and O–H groups in total. The molecular formula is C10H8N2O2. The van der Waals surface area contributed by atoms with Crippen LogP contribution >= 0.6 is 0 Å². The molecule has 0 aliphatic rings. The molecule has 1 heterocycles. The summed E-state index contributed by atoms with van der Waals surface area (Å²) in [6.45, 7) is 1.34. The molecule has 0 bridgehead atoms. The average Bonchev–Trinajstić information content (AvgIpc) is 2.18. The highest BCUT2D eigenvalue weighted by molar-refractivity contribution is 5.87. The molecule has 0 saturated heterocycles. The summed E-state index contributed by atoms with van der Waals surface area (Å²) in [5, 5.41) is 9.18. The van der Waals surface area contributed by atoms with Gasteiger partial charge < -0.3 is 4.74 Å². The first-order valence-corrected chi connectivity index (χ1v) is 4.16. The summed E-state index contributed by atoms with van der Waals surface area (Å²) in [5.74, 6) is -0.133. The van der Waals surface area contributed by atoms with Crippen LogP contribution < -0.4 is 4.74 Å². The molecule has 4 heteroatoms. The van der Waals surface area contributed by atoms with Crippen LogP contribution in [0.25, 0.3) is 10.8 Å². The quantitative estimate of drug-likeness (QED) is 0.637. The number of rotatable bonds is 1. The predicted molar refractivity (Wildman–Crippen MR) is 50.8 cm³/mol. The molecule has 0 fully saturated rings. The molecule has 0 amide bonds. The first-order chi connectivity index (χ1) is 6.77. The molecule has 0 radical (unpaired) electrons. The van der Waals surface area contributed by atoms with Gasteiger partial charge in [0, 0.05) is 17.7 Å². The van der Waals surface area contributed by atoms with E-state index in [0.717, 1.165) is 10.8 Å². The third-order valence-corrected chi connectivity index (χ3v) is 1.78. The number of nitrogens with zero attached hydrogens (tertiary/aromatic N) is 2. The maximum absolute atomic E-state index is 10.8. The third kappa shape index (κ3) is 1.54. The summed E-state index contributed by atoms with van der Waals surface area (Å²) in [7, 11) is 0. The van der Waals surface area contributed by atoms with E-state index in [1.54, 1.807) is 6.20 Å². The Labute approximate surface area is 80.5 Å². The summed E-state index contributed by atoms with van der Waals surface area (Å²) in [6, 6.07) is 7.47. The van der Waals surface area contributed by atoms with Crippen LogP contribution in [0.15, 0.2) is 30.5 Å². The number of fused-ring (bicyclic) bond motifs is 1. The number of carbonyl (C=O) groups is 1. The lowest BCUT2D eigenvalue weighted by Gasteiger charge is -2.02. The normalized spacial score (nSPS) is 10.1. The van der Waals surface area contributed by atoms with Crippen LogP contribution in [0.3, 0.4) is 0 Å². The monoisotopic (exact) mass is 188 g/mol. The molecule has 2 rings (SSSR count). The summed E-state index contributed by atoms with van der Waals surface area (Å²) in [6.07, 6.45) is 1.63. The van der Waals surface area contributed by atoms with Crippen molar-refractivity contribution in [3.63, 3.8) is 0 Å². The number of hydrogen-bond donors (Lipinski definition) is 0. The zero-order valence-electron chi connectivity index (χ0n) is 7.60. The van der Waals surface area contributed by atoms with Crippen molar-refractivity contribution in [2.75, 3.05) is 0 Å². The Kier molecular flexibility index (Phi) is 2.10. The lowest BCUT2D eigenvalue weighted by molar-refractivity contribution is -0.132. The van der Waals surface area contributed by atoms with Crippen molar-refractivity contribution < 1.29 is 9.53 Å². The van der Waals surface area contributed by atoms with Gasteiger partial charge in [0.1, 0.15) is 0 Å². The van der Waals surface area contributed by atoms with Crippen molar-refractivity contribution in [2.24, 2.45) is 0 Å². The molecule has 70 valence electrons. The van der Waals surface area contributed by atoms with Gasteiger partial charge in [0.2, 0.25) is 5.88 Å². The van der Waals surface area contributed by atoms with Gasteiger partial charge >= 0.3 is 5.97 Å². The summed E-state index contributed by atoms with van der Waals surface area (Å²) in [4.78, 5) is 10.8. The fourth-order valence-corrected chi connectivity index (χ4v) is 1.21.